The Labute approximate surface area is 164 Å². The molecule has 1 heterocycles. The van der Waals surface area contributed by atoms with E-state index in [0.29, 0.717) is 37.6 Å². The van der Waals surface area contributed by atoms with Gasteiger partial charge in [-0.2, -0.15) is 4.98 Å². The minimum absolute atomic E-state index is 0.0200. The number of nitrogens with one attached hydrogen (secondary N) is 1. The monoisotopic (exact) mass is 379 g/mol. The van der Waals surface area contributed by atoms with Crippen LogP contribution in [0.25, 0.3) is 11.4 Å². The molecule has 146 valence electrons. The van der Waals surface area contributed by atoms with Crippen molar-refractivity contribution < 1.29 is 14.1 Å². The third-order valence-electron chi connectivity index (χ3n) is 4.35. The summed E-state index contributed by atoms with van der Waals surface area (Å²) in [4.78, 5) is 16.6. The van der Waals surface area contributed by atoms with Gasteiger partial charge in [-0.05, 0) is 51.0 Å². The minimum Gasteiger partial charge on any atom is -0.493 e. The van der Waals surface area contributed by atoms with E-state index in [1.54, 1.807) is 0 Å². The number of carbonyl (C=O) groups excluding carboxylic acids is 1. The molecular formula is C22H25N3O3. The van der Waals surface area contributed by atoms with E-state index < -0.39 is 0 Å². The van der Waals surface area contributed by atoms with Crippen molar-refractivity contribution in [2.24, 2.45) is 0 Å². The topological polar surface area (TPSA) is 77.2 Å². The largest absolute Gasteiger partial charge is 0.493 e. The van der Waals surface area contributed by atoms with E-state index in [9.17, 15) is 4.79 Å². The van der Waals surface area contributed by atoms with Gasteiger partial charge in [-0.3, -0.25) is 4.79 Å². The molecule has 0 aliphatic heterocycles. The first-order valence-corrected chi connectivity index (χ1v) is 9.48. The average molecular weight is 379 g/mol. The molecule has 0 spiro atoms. The summed E-state index contributed by atoms with van der Waals surface area (Å²) in [5, 5.41) is 7.00. The van der Waals surface area contributed by atoms with Gasteiger partial charge in [0.15, 0.2) is 0 Å². The SMILES string of the molecule is CCOc1ccccc1-c1noc(CCCC(=O)Nc2ccc(C)cc2C)n1. The lowest BCUT2D eigenvalue weighted by molar-refractivity contribution is -0.116. The number of nitrogens with zero attached hydrogens (tertiary/aromatic N) is 2. The van der Waals surface area contributed by atoms with E-state index in [-0.39, 0.29) is 5.91 Å². The van der Waals surface area contributed by atoms with Crippen molar-refractivity contribution in [1.82, 2.24) is 10.1 Å². The third kappa shape index (κ3) is 4.97. The zero-order valence-electron chi connectivity index (χ0n) is 16.5. The fraction of sp³-hybridized carbons (Fsp3) is 0.318. The molecule has 28 heavy (non-hydrogen) atoms. The number of amides is 1. The molecule has 0 bridgehead atoms. The fourth-order valence-electron chi connectivity index (χ4n) is 2.97. The van der Waals surface area contributed by atoms with Crippen LogP contribution in [0.4, 0.5) is 5.69 Å². The molecule has 0 unspecified atom stereocenters. The Balaban J connectivity index is 1.54. The van der Waals surface area contributed by atoms with Gasteiger partial charge in [0.2, 0.25) is 17.6 Å². The summed E-state index contributed by atoms with van der Waals surface area (Å²) in [5.74, 6) is 1.72. The van der Waals surface area contributed by atoms with Crippen molar-refractivity contribution >= 4 is 11.6 Å². The summed E-state index contributed by atoms with van der Waals surface area (Å²) in [7, 11) is 0. The van der Waals surface area contributed by atoms with Crippen molar-refractivity contribution in [3.8, 4) is 17.1 Å². The van der Waals surface area contributed by atoms with Crippen LogP contribution < -0.4 is 10.1 Å². The maximum absolute atomic E-state index is 12.2. The standard InChI is InChI=1S/C22H25N3O3/c1-4-27-19-9-6-5-8-17(19)22-24-21(28-25-22)11-7-10-20(26)23-18-13-12-15(2)14-16(18)3/h5-6,8-9,12-14H,4,7,10-11H2,1-3H3,(H,23,26). The Morgan fingerprint density at radius 3 is 2.79 bits per heavy atom. The number of benzene rings is 2. The maximum atomic E-state index is 12.2. The molecule has 1 aromatic heterocycles. The molecule has 3 rings (SSSR count). The quantitative estimate of drug-likeness (QED) is 0.613. The fourth-order valence-corrected chi connectivity index (χ4v) is 2.97. The van der Waals surface area contributed by atoms with Gasteiger partial charge >= 0.3 is 0 Å². The molecule has 2 aromatic carbocycles. The highest BCUT2D eigenvalue weighted by atomic mass is 16.5. The first kappa shape index (κ1) is 19.6. The van der Waals surface area contributed by atoms with Gasteiger partial charge in [0, 0.05) is 18.5 Å². The van der Waals surface area contributed by atoms with Crippen LogP contribution in [0.3, 0.4) is 0 Å². The summed E-state index contributed by atoms with van der Waals surface area (Å²) in [5.41, 5.74) is 3.88. The maximum Gasteiger partial charge on any atom is 0.226 e. The van der Waals surface area contributed by atoms with Gasteiger partial charge in [-0.1, -0.05) is 35.0 Å². The molecule has 6 nitrogen and oxygen atoms in total. The molecule has 1 N–H and O–H groups in total. The van der Waals surface area contributed by atoms with Crippen LogP contribution in [0.2, 0.25) is 0 Å². The summed E-state index contributed by atoms with van der Waals surface area (Å²) in [6, 6.07) is 13.6. The first-order chi connectivity index (χ1) is 13.6. The number of rotatable bonds is 8. The van der Waals surface area contributed by atoms with Crippen molar-refractivity contribution in [3.63, 3.8) is 0 Å². The minimum atomic E-state index is -0.0200. The lowest BCUT2D eigenvalue weighted by atomic mass is 10.1. The van der Waals surface area contributed by atoms with E-state index in [2.05, 4.69) is 21.5 Å². The van der Waals surface area contributed by atoms with Crippen LogP contribution in [-0.4, -0.2) is 22.7 Å². The van der Waals surface area contributed by atoms with Gasteiger partial charge in [-0.15, -0.1) is 0 Å². The van der Waals surface area contributed by atoms with E-state index in [0.717, 1.165) is 22.6 Å². The van der Waals surface area contributed by atoms with Gasteiger partial charge in [0.05, 0.1) is 12.2 Å². The predicted octanol–water partition coefficient (Wildman–Crippen LogP) is 4.71. The van der Waals surface area contributed by atoms with Gasteiger partial charge < -0.3 is 14.6 Å². The summed E-state index contributed by atoms with van der Waals surface area (Å²) >= 11 is 0. The van der Waals surface area contributed by atoms with Crippen LogP contribution in [-0.2, 0) is 11.2 Å². The number of aryl methyl sites for hydroxylation is 3. The Bertz CT molecular complexity index is 950. The van der Waals surface area contributed by atoms with Crippen LogP contribution in [0.5, 0.6) is 5.75 Å². The number of anilines is 1. The van der Waals surface area contributed by atoms with Gasteiger partial charge in [0.1, 0.15) is 5.75 Å². The molecule has 6 heteroatoms. The lowest BCUT2D eigenvalue weighted by Gasteiger charge is -2.08. The zero-order chi connectivity index (χ0) is 19.9. The zero-order valence-corrected chi connectivity index (χ0v) is 16.5. The highest BCUT2D eigenvalue weighted by Gasteiger charge is 2.13. The Morgan fingerprint density at radius 2 is 2.00 bits per heavy atom. The molecular weight excluding hydrogens is 354 g/mol. The second-order valence-electron chi connectivity index (χ2n) is 6.66. The second-order valence-corrected chi connectivity index (χ2v) is 6.66. The van der Waals surface area contributed by atoms with Crippen LogP contribution in [0.15, 0.2) is 47.0 Å². The summed E-state index contributed by atoms with van der Waals surface area (Å²) in [6.45, 7) is 6.52. The van der Waals surface area contributed by atoms with Crippen molar-refractivity contribution in [2.45, 2.75) is 40.0 Å². The number of hydrogen-bond acceptors (Lipinski definition) is 5. The van der Waals surface area contributed by atoms with E-state index in [4.69, 9.17) is 9.26 Å². The van der Waals surface area contributed by atoms with Crippen LogP contribution >= 0.6 is 0 Å². The van der Waals surface area contributed by atoms with E-state index in [1.165, 1.54) is 5.56 Å². The molecule has 0 radical (unpaired) electrons. The van der Waals surface area contributed by atoms with Crippen molar-refractivity contribution in [2.75, 3.05) is 11.9 Å². The van der Waals surface area contributed by atoms with Crippen molar-refractivity contribution in [3.05, 3.63) is 59.5 Å². The van der Waals surface area contributed by atoms with Crippen molar-refractivity contribution in [1.29, 1.82) is 0 Å². The predicted molar refractivity (Wildman–Crippen MR) is 108 cm³/mol. The molecule has 0 atom stereocenters. The molecule has 0 saturated heterocycles. The number of carbonyl (C=O) groups is 1. The highest BCUT2D eigenvalue weighted by molar-refractivity contribution is 5.91. The highest BCUT2D eigenvalue weighted by Crippen LogP contribution is 2.27. The summed E-state index contributed by atoms with van der Waals surface area (Å²) in [6.07, 6.45) is 1.57. The molecule has 3 aromatic rings. The number of aromatic nitrogens is 2. The number of para-hydroxylation sites is 1. The summed E-state index contributed by atoms with van der Waals surface area (Å²) < 4.78 is 10.9. The van der Waals surface area contributed by atoms with E-state index in [1.807, 2.05) is 57.2 Å². The van der Waals surface area contributed by atoms with Gasteiger partial charge in [-0.25, -0.2) is 0 Å². The Morgan fingerprint density at radius 1 is 1.18 bits per heavy atom. The van der Waals surface area contributed by atoms with Gasteiger partial charge in [0.25, 0.3) is 0 Å². The average Bonchev–Trinajstić information content (AvgIpc) is 3.13. The lowest BCUT2D eigenvalue weighted by Crippen LogP contribution is -2.12. The second kappa shape index (κ2) is 9.17. The first-order valence-electron chi connectivity index (χ1n) is 9.48. The molecule has 1 amide bonds. The smallest absolute Gasteiger partial charge is 0.226 e. The molecule has 0 fully saturated rings. The Kier molecular flexibility index (Phi) is 6.42. The molecule has 0 saturated carbocycles. The third-order valence-corrected chi connectivity index (χ3v) is 4.35. The molecule has 0 aliphatic rings. The van der Waals surface area contributed by atoms with E-state index >= 15 is 0 Å². The molecule has 0 aliphatic carbocycles. The van der Waals surface area contributed by atoms with Crippen LogP contribution in [0.1, 0.15) is 36.8 Å². The Hall–Kier alpha value is -3.15. The van der Waals surface area contributed by atoms with Crippen LogP contribution in [0, 0.1) is 13.8 Å². The number of hydrogen-bond donors (Lipinski definition) is 1. The number of ether oxygens (including phenoxy) is 1. The normalized spacial score (nSPS) is 10.7.